The fourth-order valence-corrected chi connectivity index (χ4v) is 14.5. The Hall–Kier alpha value is 0.571. The lowest BCUT2D eigenvalue weighted by atomic mass is 9.91. The summed E-state index contributed by atoms with van der Waals surface area (Å²) in [5.41, 5.74) is 0. The molecule has 0 spiro atoms. The third-order valence-electron chi connectivity index (χ3n) is 5.74. The van der Waals surface area contributed by atoms with Gasteiger partial charge in [-0.15, -0.1) is 0 Å². The molecule has 2 rings (SSSR count). The second-order valence-corrected chi connectivity index (χ2v) is 17.4. The molecule has 0 atom stereocenters. The van der Waals surface area contributed by atoms with Crippen molar-refractivity contribution in [3.05, 3.63) is 0 Å². The zero-order valence-corrected chi connectivity index (χ0v) is 18.7. The van der Waals surface area contributed by atoms with Gasteiger partial charge in [-0.1, -0.05) is 64.7 Å². The largest absolute Gasteiger partial charge is 0.366 e. The van der Waals surface area contributed by atoms with E-state index in [1.54, 1.807) is 0 Å². The molecule has 0 unspecified atom stereocenters. The summed E-state index contributed by atoms with van der Waals surface area (Å²) in [6.07, 6.45) is 15.0. The summed E-state index contributed by atoms with van der Waals surface area (Å²) in [4.78, 5) is 0. The zero-order chi connectivity index (χ0) is 15.2. The van der Waals surface area contributed by atoms with Gasteiger partial charge in [-0.25, -0.2) is 0 Å². The van der Waals surface area contributed by atoms with E-state index in [0.29, 0.717) is 0 Å². The van der Waals surface area contributed by atoms with E-state index < -0.39 is 17.9 Å². The van der Waals surface area contributed by atoms with Crippen LogP contribution in [-0.4, -0.2) is 48.3 Å². The molecule has 5 heteroatoms. The van der Waals surface area contributed by atoms with Crippen molar-refractivity contribution in [1.82, 2.24) is 8.46 Å². The normalized spacial score (nSPS) is 23.4. The maximum atomic E-state index is 3.14. The third-order valence-corrected chi connectivity index (χ3v) is 19.0. The van der Waals surface area contributed by atoms with Gasteiger partial charge in [0.25, 0.3) is 0 Å². The molecule has 0 heterocycles. The Balaban J connectivity index is 2.05. The highest BCUT2D eigenvalue weighted by molar-refractivity contribution is 6.79. The number of hydrogen-bond donors (Lipinski definition) is 0. The van der Waals surface area contributed by atoms with E-state index in [4.69, 9.17) is 0 Å². The fraction of sp³-hybridized carbons (Fsp3) is 1.00. The van der Waals surface area contributed by atoms with Gasteiger partial charge in [0, 0.05) is 12.1 Å². The van der Waals surface area contributed by atoms with Crippen molar-refractivity contribution in [3.63, 3.8) is 0 Å². The first kappa shape index (κ1) is 17.9. The molecule has 2 saturated carbocycles. The molecule has 21 heavy (non-hydrogen) atoms. The Bertz CT molecular complexity index is 261. The van der Waals surface area contributed by atoms with E-state index in [0.717, 1.165) is 12.1 Å². The van der Waals surface area contributed by atoms with E-state index in [1.165, 1.54) is 64.2 Å². The van der Waals surface area contributed by atoms with Gasteiger partial charge in [-0.2, -0.15) is 0 Å². The second-order valence-electron chi connectivity index (χ2n) is 7.94. The molecule has 0 N–H and O–H groups in total. The predicted molar refractivity (Wildman–Crippen MR) is 104 cm³/mol. The van der Waals surface area contributed by atoms with Gasteiger partial charge in [0.1, 0.15) is 0 Å². The Morgan fingerprint density at radius 2 is 1.05 bits per heavy atom. The average molecular weight is 343 g/mol. The van der Waals surface area contributed by atoms with Gasteiger partial charge in [0.2, 0.25) is 0 Å². The third kappa shape index (κ3) is 5.30. The van der Waals surface area contributed by atoms with Gasteiger partial charge in [-0.05, 0) is 25.7 Å². The lowest BCUT2D eigenvalue weighted by molar-refractivity contribution is 0.166. The quantitative estimate of drug-likeness (QED) is 0.684. The van der Waals surface area contributed by atoms with Crippen LogP contribution in [-0.2, 0) is 0 Å². The van der Waals surface area contributed by atoms with Crippen LogP contribution in [0.3, 0.4) is 0 Å². The first-order valence-electron chi connectivity index (χ1n) is 9.61. The molecule has 0 aromatic rings. The molecule has 2 aliphatic rings. The Labute approximate surface area is 139 Å². The molecule has 0 aliphatic heterocycles. The lowest BCUT2D eigenvalue weighted by Crippen LogP contribution is -2.58. The van der Waals surface area contributed by atoms with Crippen molar-refractivity contribution < 1.29 is 0 Å². The van der Waals surface area contributed by atoms with E-state index in [2.05, 4.69) is 34.7 Å². The minimum absolute atomic E-state index is 0.155. The predicted octanol–water partition coefficient (Wildman–Crippen LogP) is 3.22. The van der Waals surface area contributed by atoms with Crippen LogP contribution in [0.1, 0.15) is 64.2 Å². The standard InChI is InChI=1S/C16H38N2Si3/c1-20(2)18(21(3)4)19-17(15-11-7-5-8-12-15)16-13-9-6-10-14-16/h15-16,20-21H,5-14,19H2,1-4H3. The number of hydrogen-bond acceptors (Lipinski definition) is 2. The monoisotopic (exact) mass is 342 g/mol. The van der Waals surface area contributed by atoms with Crippen LogP contribution in [0.4, 0.5) is 0 Å². The Morgan fingerprint density at radius 3 is 1.38 bits per heavy atom. The molecule has 0 radical (unpaired) electrons. The molecule has 2 nitrogen and oxygen atoms in total. The van der Waals surface area contributed by atoms with Crippen molar-refractivity contribution in [3.8, 4) is 0 Å². The molecule has 0 aromatic heterocycles. The van der Waals surface area contributed by atoms with Crippen molar-refractivity contribution in [2.75, 3.05) is 0 Å². The molecule has 0 aromatic carbocycles. The summed E-state index contributed by atoms with van der Waals surface area (Å²) < 4.78 is 6.25. The summed E-state index contributed by atoms with van der Waals surface area (Å²) in [7, 11) is -1.34. The van der Waals surface area contributed by atoms with Crippen LogP contribution in [0, 0.1) is 0 Å². The highest BCUT2D eigenvalue weighted by atomic mass is 28.4. The molecule has 2 aliphatic carbocycles. The molecule has 0 saturated heterocycles. The van der Waals surface area contributed by atoms with Crippen LogP contribution >= 0.6 is 0 Å². The molecular weight excluding hydrogens is 304 g/mol. The van der Waals surface area contributed by atoms with Crippen LogP contribution in [0.15, 0.2) is 0 Å². The zero-order valence-electron chi connectivity index (χ0n) is 15.0. The Kier molecular flexibility index (Phi) is 7.69. The van der Waals surface area contributed by atoms with Crippen LogP contribution < -0.4 is 0 Å². The average Bonchev–Trinajstić information content (AvgIpc) is 2.49. The number of nitrogens with zero attached hydrogens (tertiary/aromatic N) is 2. The minimum atomic E-state index is -0.593. The summed E-state index contributed by atoms with van der Waals surface area (Å²) in [5, 5.41) is 0. The van der Waals surface area contributed by atoms with Gasteiger partial charge in [0.05, 0.1) is 17.9 Å². The SMILES string of the molecule is C[SiH](C)N([SiH2]N(C1CCCCC1)C1CCCCC1)[SiH](C)C. The van der Waals surface area contributed by atoms with Crippen LogP contribution in [0.2, 0.25) is 26.2 Å². The summed E-state index contributed by atoms with van der Waals surface area (Å²) in [6.45, 7) is 10.3. The van der Waals surface area contributed by atoms with E-state index in [9.17, 15) is 0 Å². The fourth-order valence-electron chi connectivity index (χ4n) is 4.47. The number of rotatable bonds is 6. The highest BCUT2D eigenvalue weighted by Gasteiger charge is 2.31. The van der Waals surface area contributed by atoms with Gasteiger partial charge >= 0.3 is 0 Å². The lowest BCUT2D eigenvalue weighted by Gasteiger charge is -2.46. The maximum Gasteiger partial charge on any atom is 0.159 e. The van der Waals surface area contributed by atoms with Gasteiger partial charge in [-0.3, -0.25) is 0 Å². The van der Waals surface area contributed by atoms with Crippen LogP contribution in [0.5, 0.6) is 0 Å². The second kappa shape index (κ2) is 9.01. The first-order chi connectivity index (χ1) is 10.1. The smallest absolute Gasteiger partial charge is 0.159 e. The summed E-state index contributed by atoms with van der Waals surface area (Å²) >= 11 is 0. The molecule has 0 amide bonds. The molecule has 2 fully saturated rings. The molecular formula is C16H38N2Si3. The van der Waals surface area contributed by atoms with Crippen molar-refractivity contribution in [2.24, 2.45) is 0 Å². The van der Waals surface area contributed by atoms with E-state index >= 15 is 0 Å². The topological polar surface area (TPSA) is 6.48 Å². The van der Waals surface area contributed by atoms with Gasteiger partial charge in [0.15, 0.2) is 9.84 Å². The van der Waals surface area contributed by atoms with E-state index in [-0.39, 0.29) is 9.84 Å². The maximum absolute atomic E-state index is 3.14. The van der Waals surface area contributed by atoms with Crippen molar-refractivity contribution in [1.29, 1.82) is 0 Å². The van der Waals surface area contributed by atoms with Crippen molar-refractivity contribution >= 4 is 27.8 Å². The molecule has 124 valence electrons. The molecule has 0 bridgehead atoms. The van der Waals surface area contributed by atoms with E-state index in [1.807, 2.05) is 0 Å². The Morgan fingerprint density at radius 1 is 0.667 bits per heavy atom. The first-order valence-corrected chi connectivity index (χ1v) is 16.5. The summed E-state index contributed by atoms with van der Waals surface area (Å²) in [5.74, 6) is 0. The van der Waals surface area contributed by atoms with Crippen molar-refractivity contribution in [2.45, 2.75) is 102 Å². The highest BCUT2D eigenvalue weighted by Crippen LogP contribution is 2.30. The minimum Gasteiger partial charge on any atom is -0.366 e. The van der Waals surface area contributed by atoms with Gasteiger partial charge < -0.3 is 8.46 Å². The summed E-state index contributed by atoms with van der Waals surface area (Å²) in [6, 6.07) is 1.94. The van der Waals surface area contributed by atoms with Crippen LogP contribution in [0.25, 0.3) is 0 Å².